The molecule has 0 amide bonds. The third kappa shape index (κ3) is 3.09. The van der Waals surface area contributed by atoms with Crippen LogP contribution in [0.2, 0.25) is 0 Å². The molecule has 0 aliphatic heterocycles. The van der Waals surface area contributed by atoms with Gasteiger partial charge in [0.25, 0.3) is 10.1 Å². The number of halogens is 1. The van der Waals surface area contributed by atoms with Gasteiger partial charge < -0.3 is 5.11 Å². The summed E-state index contributed by atoms with van der Waals surface area (Å²) in [6, 6.07) is 0. The molecule has 0 aromatic heterocycles. The molecule has 0 saturated heterocycles. The number of aliphatic hydroxyl groups excluding tert-OH is 1. The summed E-state index contributed by atoms with van der Waals surface area (Å²) < 4.78 is 29.8. The van der Waals surface area contributed by atoms with Gasteiger partial charge in [-0.05, 0) is 25.7 Å². The molecule has 0 spiro atoms. The maximum Gasteiger partial charge on any atom is 0.292 e. The van der Waals surface area contributed by atoms with Crippen LogP contribution in [0.3, 0.4) is 0 Å². The molecule has 0 aromatic carbocycles. The zero-order chi connectivity index (χ0) is 10.1. The first-order valence-electron chi connectivity index (χ1n) is 4.19. The molecule has 1 saturated carbocycles. The number of aliphatic hydroxyl groups is 1. The molecule has 1 aliphatic rings. The van der Waals surface area contributed by atoms with Gasteiger partial charge in [0.05, 0.1) is 0 Å². The maximum atomic E-state index is 10.6. The highest BCUT2D eigenvalue weighted by Gasteiger charge is 2.32. The van der Waals surface area contributed by atoms with Gasteiger partial charge in [-0.25, -0.2) is 0 Å². The molecule has 6 heteroatoms. The van der Waals surface area contributed by atoms with E-state index in [4.69, 9.17) is 16.2 Å². The summed E-state index contributed by atoms with van der Waals surface area (Å²) in [4.78, 5) is 0. The molecule has 0 bridgehead atoms. The van der Waals surface area contributed by atoms with Crippen LogP contribution in [0.5, 0.6) is 0 Å². The van der Waals surface area contributed by atoms with Crippen molar-refractivity contribution >= 4 is 21.7 Å². The summed E-state index contributed by atoms with van der Waals surface area (Å²) in [7, 11) is -4.31. The van der Waals surface area contributed by atoms with E-state index in [0.717, 1.165) is 0 Å². The molecule has 0 radical (unpaired) electrons. The molecule has 13 heavy (non-hydrogen) atoms. The monoisotopic (exact) mass is 228 g/mol. The Morgan fingerprint density at radius 3 is 2.08 bits per heavy atom. The minimum absolute atomic E-state index is 0.0739. The van der Waals surface area contributed by atoms with Crippen LogP contribution in [-0.4, -0.2) is 28.9 Å². The fourth-order valence-electron chi connectivity index (χ4n) is 1.61. The highest BCUT2D eigenvalue weighted by Crippen LogP contribution is 2.31. The second kappa shape index (κ2) is 4.13. The lowest BCUT2D eigenvalue weighted by molar-refractivity contribution is 0.141. The topological polar surface area (TPSA) is 74.6 Å². The fourth-order valence-corrected chi connectivity index (χ4v) is 2.62. The lowest BCUT2D eigenvalue weighted by atomic mass is 9.89. The third-order valence-corrected chi connectivity index (χ3v) is 3.84. The zero-order valence-corrected chi connectivity index (χ0v) is 8.63. The normalized spacial score (nSPS) is 32.8. The van der Waals surface area contributed by atoms with E-state index in [1.165, 1.54) is 0 Å². The van der Waals surface area contributed by atoms with Gasteiger partial charge in [0.15, 0.2) is 5.44 Å². The van der Waals surface area contributed by atoms with Crippen molar-refractivity contribution in [3.05, 3.63) is 0 Å². The van der Waals surface area contributed by atoms with Gasteiger partial charge in [0.2, 0.25) is 0 Å². The van der Waals surface area contributed by atoms with E-state index >= 15 is 0 Å². The number of rotatable bonds is 2. The van der Waals surface area contributed by atoms with Crippen molar-refractivity contribution < 1.29 is 18.1 Å². The van der Waals surface area contributed by atoms with Crippen LogP contribution in [0.1, 0.15) is 25.7 Å². The molecule has 1 aliphatic carbocycles. The quantitative estimate of drug-likeness (QED) is 0.546. The predicted octanol–water partition coefficient (Wildman–Crippen LogP) is 0.990. The summed E-state index contributed by atoms with van der Waals surface area (Å²) >= 11 is 5.81. The first-order chi connectivity index (χ1) is 5.91. The molecular weight excluding hydrogens is 216 g/mol. The van der Waals surface area contributed by atoms with E-state index < -0.39 is 15.6 Å². The molecule has 0 heterocycles. The van der Waals surface area contributed by atoms with Gasteiger partial charge >= 0.3 is 0 Å². The smallest absolute Gasteiger partial charge is 0.292 e. The Kier molecular flexibility index (Phi) is 3.57. The van der Waals surface area contributed by atoms with Crippen LogP contribution in [0, 0.1) is 5.92 Å². The van der Waals surface area contributed by atoms with Crippen molar-refractivity contribution in [3.63, 3.8) is 0 Å². The van der Waals surface area contributed by atoms with Crippen LogP contribution >= 0.6 is 11.6 Å². The second-order valence-corrected chi connectivity index (χ2v) is 5.55. The molecule has 0 aromatic rings. The summed E-state index contributed by atoms with van der Waals surface area (Å²) in [6.45, 7) is 0. The second-order valence-electron chi connectivity index (χ2n) is 3.42. The lowest BCUT2D eigenvalue weighted by Gasteiger charge is -2.27. The Labute approximate surface area is 82.6 Å². The number of hydrogen-bond donors (Lipinski definition) is 2. The average molecular weight is 229 g/mol. The average Bonchev–Trinajstić information content (AvgIpc) is 2.03. The number of alkyl halides is 1. The van der Waals surface area contributed by atoms with E-state index in [0.29, 0.717) is 25.7 Å². The third-order valence-electron chi connectivity index (χ3n) is 2.41. The Morgan fingerprint density at radius 2 is 1.69 bits per heavy atom. The zero-order valence-electron chi connectivity index (χ0n) is 7.06. The summed E-state index contributed by atoms with van der Waals surface area (Å²) in [5, 5.41) is 9.29. The van der Waals surface area contributed by atoms with Crippen molar-refractivity contribution in [2.45, 2.75) is 36.5 Å². The van der Waals surface area contributed by atoms with Crippen molar-refractivity contribution in [2.75, 3.05) is 0 Å². The van der Waals surface area contributed by atoms with Crippen LogP contribution in [0.15, 0.2) is 0 Å². The van der Waals surface area contributed by atoms with Crippen molar-refractivity contribution in [3.8, 4) is 0 Å². The van der Waals surface area contributed by atoms with Crippen molar-refractivity contribution in [1.82, 2.24) is 0 Å². The molecular formula is C7H13ClO4S. The Balaban J connectivity index is 2.55. The van der Waals surface area contributed by atoms with Gasteiger partial charge in [-0.15, -0.1) is 11.6 Å². The first-order valence-corrected chi connectivity index (χ1v) is 6.13. The lowest BCUT2D eigenvalue weighted by Crippen LogP contribution is -2.32. The fraction of sp³-hybridized carbons (Fsp3) is 1.00. The molecule has 78 valence electrons. The molecule has 1 unspecified atom stereocenters. The largest absolute Gasteiger partial charge is 0.375 e. The Bertz CT molecular complexity index is 256. The maximum absolute atomic E-state index is 10.6. The van der Waals surface area contributed by atoms with Gasteiger partial charge in [-0.2, -0.15) is 8.42 Å². The standard InChI is InChI=1S/C7H13ClO4S/c8-6-3-1-5(2-4-6)7(9)13(10,11)12/h5-7,9H,1-4H2,(H,10,11,12). The van der Waals surface area contributed by atoms with E-state index in [9.17, 15) is 13.5 Å². The van der Waals surface area contributed by atoms with E-state index in [-0.39, 0.29) is 11.3 Å². The summed E-state index contributed by atoms with van der Waals surface area (Å²) in [5.74, 6) is -0.370. The summed E-state index contributed by atoms with van der Waals surface area (Å²) in [6.07, 6.45) is 2.49. The van der Waals surface area contributed by atoms with Crippen LogP contribution in [0.25, 0.3) is 0 Å². The van der Waals surface area contributed by atoms with Gasteiger partial charge in [0.1, 0.15) is 0 Å². The highest BCUT2D eigenvalue weighted by atomic mass is 35.5. The molecule has 2 N–H and O–H groups in total. The minimum atomic E-state index is -4.31. The molecule has 1 rings (SSSR count). The molecule has 1 atom stereocenters. The molecule has 4 nitrogen and oxygen atoms in total. The van der Waals surface area contributed by atoms with Crippen molar-refractivity contribution in [2.24, 2.45) is 5.92 Å². The van der Waals surface area contributed by atoms with E-state index in [2.05, 4.69) is 0 Å². The van der Waals surface area contributed by atoms with Crippen LogP contribution in [0.4, 0.5) is 0 Å². The van der Waals surface area contributed by atoms with Crippen molar-refractivity contribution in [1.29, 1.82) is 0 Å². The summed E-state index contributed by atoms with van der Waals surface area (Å²) in [5.41, 5.74) is -1.64. The van der Waals surface area contributed by atoms with E-state index in [1.807, 2.05) is 0 Å². The SMILES string of the molecule is O=S(=O)(O)C(O)C1CCC(Cl)CC1. The number of hydrogen-bond acceptors (Lipinski definition) is 3. The minimum Gasteiger partial charge on any atom is -0.375 e. The Morgan fingerprint density at radius 1 is 1.23 bits per heavy atom. The highest BCUT2D eigenvalue weighted by molar-refractivity contribution is 7.86. The van der Waals surface area contributed by atoms with E-state index in [1.54, 1.807) is 0 Å². The first kappa shape index (κ1) is 11.2. The van der Waals surface area contributed by atoms with Gasteiger partial charge in [0, 0.05) is 11.3 Å². The predicted molar refractivity (Wildman–Crippen MR) is 49.2 cm³/mol. The van der Waals surface area contributed by atoms with Gasteiger partial charge in [-0.1, -0.05) is 0 Å². The van der Waals surface area contributed by atoms with Gasteiger partial charge in [-0.3, -0.25) is 4.55 Å². The Hall–Kier alpha value is 0.160. The van der Waals surface area contributed by atoms with Crippen LogP contribution < -0.4 is 0 Å². The van der Waals surface area contributed by atoms with Crippen LogP contribution in [-0.2, 0) is 10.1 Å². The molecule has 1 fully saturated rings.